The highest BCUT2D eigenvalue weighted by Crippen LogP contribution is 2.29. The Balaban J connectivity index is 2.12. The molecule has 1 amide bonds. The van der Waals surface area contributed by atoms with E-state index in [1.54, 1.807) is 18.2 Å². The third kappa shape index (κ3) is 5.45. The van der Waals surface area contributed by atoms with Crippen molar-refractivity contribution in [1.29, 1.82) is 0 Å². The predicted molar refractivity (Wildman–Crippen MR) is 103 cm³/mol. The van der Waals surface area contributed by atoms with E-state index in [2.05, 4.69) is 26.0 Å². The lowest BCUT2D eigenvalue weighted by atomic mass is 10.3. The second kappa shape index (κ2) is 9.02. The van der Waals surface area contributed by atoms with E-state index in [4.69, 9.17) is 9.47 Å². The average Bonchev–Trinajstić information content (AvgIpc) is 2.58. The highest BCUT2D eigenvalue weighted by atomic mass is 79.9. The topological polar surface area (TPSA) is 93.7 Å². The third-order valence-electron chi connectivity index (χ3n) is 3.21. The molecule has 140 valence electrons. The van der Waals surface area contributed by atoms with Crippen molar-refractivity contribution in [2.45, 2.75) is 11.8 Å². The van der Waals surface area contributed by atoms with E-state index in [9.17, 15) is 13.2 Å². The molecule has 7 nitrogen and oxygen atoms in total. The molecule has 0 fully saturated rings. The number of hydrogen-bond acceptors (Lipinski definition) is 5. The van der Waals surface area contributed by atoms with Gasteiger partial charge < -0.3 is 14.8 Å². The Morgan fingerprint density at radius 2 is 1.77 bits per heavy atom. The minimum absolute atomic E-state index is 0.0752. The van der Waals surface area contributed by atoms with Gasteiger partial charge in [0.1, 0.15) is 12.4 Å². The molecule has 0 radical (unpaired) electrons. The van der Waals surface area contributed by atoms with Crippen molar-refractivity contribution in [3.05, 3.63) is 46.9 Å². The van der Waals surface area contributed by atoms with E-state index in [1.807, 2.05) is 6.92 Å². The highest BCUT2D eigenvalue weighted by molar-refractivity contribution is 9.10. The zero-order chi connectivity index (χ0) is 19.2. The Morgan fingerprint density at radius 1 is 1.12 bits per heavy atom. The van der Waals surface area contributed by atoms with Gasteiger partial charge in [0.05, 0.1) is 21.7 Å². The summed E-state index contributed by atoms with van der Waals surface area (Å²) < 4.78 is 38.3. The Hall–Kier alpha value is -2.10. The van der Waals surface area contributed by atoms with Crippen LogP contribution >= 0.6 is 15.9 Å². The van der Waals surface area contributed by atoms with Crippen molar-refractivity contribution < 1.29 is 22.7 Å². The van der Waals surface area contributed by atoms with Gasteiger partial charge in [0, 0.05) is 12.8 Å². The lowest BCUT2D eigenvalue weighted by Gasteiger charge is -2.11. The molecule has 2 aromatic carbocycles. The van der Waals surface area contributed by atoms with Gasteiger partial charge in [-0.25, -0.2) is 8.42 Å². The minimum Gasteiger partial charge on any atom is -0.493 e. The van der Waals surface area contributed by atoms with Crippen LogP contribution in [0.15, 0.2) is 51.8 Å². The maximum atomic E-state index is 12.5. The molecule has 2 aromatic rings. The van der Waals surface area contributed by atoms with Gasteiger partial charge in [-0.1, -0.05) is 0 Å². The largest absolute Gasteiger partial charge is 0.493 e. The molecule has 0 aliphatic rings. The number of anilines is 2. The molecular formula is C17H19BrN2O5S. The van der Waals surface area contributed by atoms with Crippen LogP contribution < -0.4 is 14.8 Å². The second-order valence-electron chi connectivity index (χ2n) is 5.19. The number of nitrogens with one attached hydrogen (secondary N) is 2. The number of carbonyl (C=O) groups is 1. The number of hydrogen-bond donors (Lipinski definition) is 2. The molecule has 26 heavy (non-hydrogen) atoms. The van der Waals surface area contributed by atoms with Crippen LogP contribution in [-0.2, 0) is 19.6 Å². The summed E-state index contributed by atoms with van der Waals surface area (Å²) in [6, 6.07) is 10.8. The molecule has 0 bridgehead atoms. The Kier molecular flexibility index (Phi) is 7.01. The van der Waals surface area contributed by atoms with Crippen LogP contribution in [0.3, 0.4) is 0 Å². The standard InChI is InChI=1S/C17H19BrN2O5S/c1-3-25-16-9-6-13(10-15(16)18)20-26(22,23)14-7-4-12(5-8-14)19-17(21)11-24-2/h4-10,20H,3,11H2,1-2H3,(H,19,21). The minimum atomic E-state index is -3.76. The molecule has 0 spiro atoms. The van der Waals surface area contributed by atoms with E-state index in [1.165, 1.54) is 31.4 Å². The van der Waals surface area contributed by atoms with Gasteiger partial charge in [-0.05, 0) is 65.3 Å². The molecule has 0 aliphatic heterocycles. The maximum absolute atomic E-state index is 12.5. The van der Waals surface area contributed by atoms with Gasteiger partial charge in [-0.3, -0.25) is 9.52 Å². The Labute approximate surface area is 160 Å². The Bertz CT molecular complexity index is 869. The summed E-state index contributed by atoms with van der Waals surface area (Å²) in [4.78, 5) is 11.5. The molecule has 9 heteroatoms. The third-order valence-corrected chi connectivity index (χ3v) is 5.22. The zero-order valence-corrected chi connectivity index (χ0v) is 16.7. The molecule has 0 unspecified atom stereocenters. The molecule has 0 saturated heterocycles. The molecule has 2 rings (SSSR count). The fraction of sp³-hybridized carbons (Fsp3) is 0.235. The van der Waals surface area contributed by atoms with Gasteiger partial charge in [-0.15, -0.1) is 0 Å². The SMILES string of the molecule is CCOc1ccc(NS(=O)(=O)c2ccc(NC(=O)COC)cc2)cc1Br. The number of rotatable bonds is 8. The van der Waals surface area contributed by atoms with Crippen molar-refractivity contribution in [3.8, 4) is 5.75 Å². The number of sulfonamides is 1. The van der Waals surface area contributed by atoms with Gasteiger partial charge in [0.15, 0.2) is 0 Å². The van der Waals surface area contributed by atoms with Crippen LogP contribution in [0.1, 0.15) is 6.92 Å². The first-order chi connectivity index (χ1) is 12.4. The normalized spacial score (nSPS) is 11.0. The van der Waals surface area contributed by atoms with E-state index in [0.29, 0.717) is 28.2 Å². The number of carbonyl (C=O) groups excluding carboxylic acids is 1. The van der Waals surface area contributed by atoms with Crippen molar-refractivity contribution >= 4 is 43.2 Å². The fourth-order valence-electron chi connectivity index (χ4n) is 2.10. The summed E-state index contributed by atoms with van der Waals surface area (Å²) in [5.41, 5.74) is 0.882. The number of benzene rings is 2. The summed E-state index contributed by atoms with van der Waals surface area (Å²) in [6.07, 6.45) is 0. The summed E-state index contributed by atoms with van der Waals surface area (Å²) in [5, 5.41) is 2.60. The first-order valence-corrected chi connectivity index (χ1v) is 9.97. The van der Waals surface area contributed by atoms with Gasteiger partial charge in [0.25, 0.3) is 10.0 Å². The fourth-order valence-corrected chi connectivity index (χ4v) is 3.64. The quantitative estimate of drug-likeness (QED) is 0.654. The lowest BCUT2D eigenvalue weighted by molar-refractivity contribution is -0.119. The summed E-state index contributed by atoms with van der Waals surface area (Å²) in [7, 11) is -2.34. The van der Waals surface area contributed by atoms with E-state index in [0.717, 1.165) is 0 Å². The van der Waals surface area contributed by atoms with Crippen LogP contribution in [-0.4, -0.2) is 34.6 Å². The van der Waals surface area contributed by atoms with Crippen molar-refractivity contribution in [2.24, 2.45) is 0 Å². The van der Waals surface area contributed by atoms with E-state index >= 15 is 0 Å². The lowest BCUT2D eigenvalue weighted by Crippen LogP contribution is -2.17. The molecule has 0 aromatic heterocycles. The summed E-state index contributed by atoms with van der Waals surface area (Å²) in [6.45, 7) is 2.30. The number of methoxy groups -OCH3 is 1. The van der Waals surface area contributed by atoms with Crippen molar-refractivity contribution in [1.82, 2.24) is 0 Å². The van der Waals surface area contributed by atoms with Crippen LogP contribution in [0.5, 0.6) is 5.75 Å². The predicted octanol–water partition coefficient (Wildman–Crippen LogP) is 3.23. The van der Waals surface area contributed by atoms with Crippen LogP contribution in [0.4, 0.5) is 11.4 Å². The molecule has 0 atom stereocenters. The van der Waals surface area contributed by atoms with Crippen LogP contribution in [0.25, 0.3) is 0 Å². The molecule has 2 N–H and O–H groups in total. The smallest absolute Gasteiger partial charge is 0.261 e. The first kappa shape index (κ1) is 20.2. The van der Waals surface area contributed by atoms with Gasteiger partial charge >= 0.3 is 0 Å². The summed E-state index contributed by atoms with van der Waals surface area (Å²) in [5.74, 6) is 0.312. The van der Waals surface area contributed by atoms with E-state index in [-0.39, 0.29) is 17.4 Å². The van der Waals surface area contributed by atoms with Crippen LogP contribution in [0.2, 0.25) is 0 Å². The van der Waals surface area contributed by atoms with Gasteiger partial charge in [-0.2, -0.15) is 0 Å². The summed E-state index contributed by atoms with van der Waals surface area (Å²) >= 11 is 3.35. The first-order valence-electron chi connectivity index (χ1n) is 7.69. The average molecular weight is 443 g/mol. The number of amides is 1. The van der Waals surface area contributed by atoms with Crippen LogP contribution in [0, 0.1) is 0 Å². The molecule has 0 aliphatic carbocycles. The molecule has 0 saturated carbocycles. The molecular weight excluding hydrogens is 424 g/mol. The number of ether oxygens (including phenoxy) is 2. The molecule has 0 heterocycles. The number of halogens is 1. The van der Waals surface area contributed by atoms with Crippen molar-refractivity contribution in [2.75, 3.05) is 30.4 Å². The monoisotopic (exact) mass is 442 g/mol. The van der Waals surface area contributed by atoms with Gasteiger partial charge in [0.2, 0.25) is 5.91 Å². The highest BCUT2D eigenvalue weighted by Gasteiger charge is 2.15. The second-order valence-corrected chi connectivity index (χ2v) is 7.73. The van der Waals surface area contributed by atoms with Crippen molar-refractivity contribution in [3.63, 3.8) is 0 Å². The van der Waals surface area contributed by atoms with E-state index < -0.39 is 10.0 Å². The Morgan fingerprint density at radius 3 is 2.35 bits per heavy atom. The maximum Gasteiger partial charge on any atom is 0.261 e. The zero-order valence-electron chi connectivity index (χ0n) is 14.3.